The van der Waals surface area contributed by atoms with Crippen LogP contribution in [0.15, 0.2) is 29.2 Å². The van der Waals surface area contributed by atoms with Gasteiger partial charge in [-0.25, -0.2) is 13.2 Å². The fourth-order valence-electron chi connectivity index (χ4n) is 1.66. The first-order chi connectivity index (χ1) is 10.2. The zero-order valence-corrected chi connectivity index (χ0v) is 12.3. The topological polar surface area (TPSA) is 101 Å². The minimum atomic E-state index is -5.40. The third-order valence-electron chi connectivity index (χ3n) is 2.70. The predicted molar refractivity (Wildman–Crippen MR) is 75.0 cm³/mol. The molecule has 0 spiro atoms. The van der Waals surface area contributed by atoms with E-state index in [0.717, 1.165) is 6.07 Å². The number of sulfone groups is 1. The van der Waals surface area contributed by atoms with Crippen LogP contribution in [0.5, 0.6) is 0 Å². The highest BCUT2D eigenvalue weighted by atomic mass is 32.2. The molecule has 0 bridgehead atoms. The van der Waals surface area contributed by atoms with Crippen molar-refractivity contribution >= 4 is 21.6 Å². The number of primary amides is 1. The molecule has 124 valence electrons. The summed E-state index contributed by atoms with van der Waals surface area (Å²) >= 11 is 0. The lowest BCUT2D eigenvalue weighted by Crippen LogP contribution is -2.30. The number of para-hydroxylation sites is 1. The summed E-state index contributed by atoms with van der Waals surface area (Å²) < 4.78 is 60.7. The van der Waals surface area contributed by atoms with Gasteiger partial charge in [-0.1, -0.05) is 12.1 Å². The van der Waals surface area contributed by atoms with Crippen molar-refractivity contribution in [2.75, 3.05) is 18.4 Å². The van der Waals surface area contributed by atoms with Gasteiger partial charge in [0, 0.05) is 13.1 Å². The van der Waals surface area contributed by atoms with Crippen LogP contribution in [-0.4, -0.2) is 33.0 Å². The SMILES string of the molecule is NC(=O)NCCCCNc1ccccc1S(=O)(=O)C(F)(F)F. The third kappa shape index (κ3) is 4.79. The molecule has 0 atom stereocenters. The van der Waals surface area contributed by atoms with Crippen molar-refractivity contribution in [3.05, 3.63) is 24.3 Å². The van der Waals surface area contributed by atoms with Crippen LogP contribution in [0, 0.1) is 0 Å². The normalized spacial score (nSPS) is 12.0. The van der Waals surface area contributed by atoms with Gasteiger partial charge in [-0.2, -0.15) is 13.2 Å². The summed E-state index contributed by atoms with van der Waals surface area (Å²) in [6, 6.07) is 4.17. The molecule has 0 unspecified atom stereocenters. The van der Waals surface area contributed by atoms with Gasteiger partial charge in [0.2, 0.25) is 0 Å². The molecule has 1 rings (SSSR count). The number of halogens is 3. The highest BCUT2D eigenvalue weighted by Crippen LogP contribution is 2.34. The fraction of sp³-hybridized carbons (Fsp3) is 0.417. The number of urea groups is 1. The van der Waals surface area contributed by atoms with Crippen LogP contribution in [0.3, 0.4) is 0 Å². The molecule has 0 saturated carbocycles. The van der Waals surface area contributed by atoms with E-state index in [-0.39, 0.29) is 12.2 Å². The van der Waals surface area contributed by atoms with Gasteiger partial charge in [0.25, 0.3) is 9.84 Å². The van der Waals surface area contributed by atoms with Crippen LogP contribution in [0.4, 0.5) is 23.7 Å². The zero-order chi connectivity index (χ0) is 16.8. The van der Waals surface area contributed by atoms with E-state index < -0.39 is 26.3 Å². The zero-order valence-electron chi connectivity index (χ0n) is 11.5. The molecule has 0 aliphatic rings. The fourth-order valence-corrected chi connectivity index (χ4v) is 2.59. The Hall–Kier alpha value is -1.97. The maximum atomic E-state index is 12.6. The van der Waals surface area contributed by atoms with Crippen molar-refractivity contribution < 1.29 is 26.4 Å². The molecule has 0 fully saturated rings. The minimum Gasteiger partial charge on any atom is -0.384 e. The van der Waals surface area contributed by atoms with Crippen LogP contribution in [0.25, 0.3) is 0 Å². The summed E-state index contributed by atoms with van der Waals surface area (Å²) in [5.74, 6) is 0. The van der Waals surface area contributed by atoms with Crippen LogP contribution in [0.1, 0.15) is 12.8 Å². The highest BCUT2D eigenvalue weighted by molar-refractivity contribution is 7.92. The Balaban J connectivity index is 2.68. The lowest BCUT2D eigenvalue weighted by atomic mass is 10.3. The van der Waals surface area contributed by atoms with Crippen molar-refractivity contribution in [1.82, 2.24) is 5.32 Å². The second kappa shape index (κ2) is 7.34. The van der Waals surface area contributed by atoms with Crippen LogP contribution < -0.4 is 16.4 Å². The number of rotatable bonds is 7. The van der Waals surface area contributed by atoms with Gasteiger partial charge in [-0.15, -0.1) is 0 Å². The first kappa shape index (κ1) is 18.1. The number of alkyl halides is 3. The Kier molecular flexibility index (Phi) is 6.03. The summed E-state index contributed by atoms with van der Waals surface area (Å²) in [5.41, 5.74) is -0.592. The minimum absolute atomic E-state index is 0.109. The molecular formula is C12H16F3N3O3S. The molecule has 0 heterocycles. The van der Waals surface area contributed by atoms with Crippen LogP contribution in [-0.2, 0) is 9.84 Å². The Morgan fingerprint density at radius 3 is 2.32 bits per heavy atom. The molecule has 0 aliphatic heterocycles. The number of hydrogen-bond acceptors (Lipinski definition) is 4. The second-order valence-electron chi connectivity index (χ2n) is 4.37. The van der Waals surface area contributed by atoms with Gasteiger partial charge in [-0.3, -0.25) is 0 Å². The molecule has 22 heavy (non-hydrogen) atoms. The molecule has 0 saturated heterocycles. The average molecular weight is 339 g/mol. The summed E-state index contributed by atoms with van der Waals surface area (Å²) in [4.78, 5) is 9.62. The van der Waals surface area contributed by atoms with E-state index in [0.29, 0.717) is 19.4 Å². The molecule has 2 amide bonds. The van der Waals surface area contributed by atoms with E-state index in [2.05, 4.69) is 10.6 Å². The molecule has 0 aromatic heterocycles. The summed E-state index contributed by atoms with van der Waals surface area (Å²) in [5, 5.41) is 5.02. The third-order valence-corrected chi connectivity index (χ3v) is 4.24. The van der Waals surface area contributed by atoms with Gasteiger partial charge in [0.1, 0.15) is 0 Å². The van der Waals surface area contributed by atoms with Crippen LogP contribution >= 0.6 is 0 Å². The molecule has 10 heteroatoms. The molecule has 0 aliphatic carbocycles. The maximum absolute atomic E-state index is 12.6. The number of nitrogens with two attached hydrogens (primary N) is 1. The lowest BCUT2D eigenvalue weighted by Gasteiger charge is -2.14. The van der Waals surface area contributed by atoms with Crippen molar-refractivity contribution in [1.29, 1.82) is 0 Å². The van der Waals surface area contributed by atoms with Crippen molar-refractivity contribution in [2.45, 2.75) is 23.2 Å². The Morgan fingerprint density at radius 2 is 1.73 bits per heavy atom. The van der Waals surface area contributed by atoms with E-state index in [1.807, 2.05) is 0 Å². The quantitative estimate of drug-likeness (QED) is 0.660. The summed E-state index contributed by atoms with van der Waals surface area (Å²) in [6.45, 7) is 0.588. The van der Waals surface area contributed by atoms with Crippen molar-refractivity contribution in [3.8, 4) is 0 Å². The first-order valence-electron chi connectivity index (χ1n) is 6.34. The van der Waals surface area contributed by atoms with Crippen LogP contribution in [0.2, 0.25) is 0 Å². The van der Waals surface area contributed by atoms with Gasteiger partial charge in [0.15, 0.2) is 0 Å². The molecule has 4 N–H and O–H groups in total. The Morgan fingerprint density at radius 1 is 1.14 bits per heavy atom. The van der Waals surface area contributed by atoms with E-state index in [1.54, 1.807) is 0 Å². The van der Waals surface area contributed by atoms with E-state index in [4.69, 9.17) is 5.73 Å². The average Bonchev–Trinajstić information content (AvgIpc) is 2.41. The summed E-state index contributed by atoms with van der Waals surface area (Å²) in [7, 11) is -5.40. The molecule has 1 aromatic rings. The van der Waals surface area contributed by atoms with Crippen molar-refractivity contribution in [2.24, 2.45) is 5.73 Å². The predicted octanol–water partition coefficient (Wildman–Crippen LogP) is 1.84. The number of nitrogens with one attached hydrogen (secondary N) is 2. The van der Waals surface area contributed by atoms with Crippen molar-refractivity contribution in [3.63, 3.8) is 0 Å². The number of carbonyl (C=O) groups is 1. The Bertz CT molecular complexity index is 618. The van der Waals surface area contributed by atoms with Gasteiger partial charge in [-0.05, 0) is 25.0 Å². The Labute approximate surface area is 125 Å². The molecular weight excluding hydrogens is 323 g/mol. The van der Waals surface area contributed by atoms with Gasteiger partial charge >= 0.3 is 11.5 Å². The maximum Gasteiger partial charge on any atom is 0.501 e. The second-order valence-corrected chi connectivity index (χ2v) is 6.28. The smallest absolute Gasteiger partial charge is 0.384 e. The number of benzene rings is 1. The monoisotopic (exact) mass is 339 g/mol. The van der Waals surface area contributed by atoms with E-state index in [1.165, 1.54) is 18.2 Å². The van der Waals surface area contributed by atoms with Gasteiger partial charge in [0.05, 0.1) is 10.6 Å². The largest absolute Gasteiger partial charge is 0.501 e. The first-order valence-corrected chi connectivity index (χ1v) is 7.82. The van der Waals surface area contributed by atoms with E-state index >= 15 is 0 Å². The standard InChI is InChI=1S/C12H16F3N3O3S/c13-12(14,15)22(20,21)10-6-2-1-5-9(10)17-7-3-4-8-18-11(16)19/h1-2,5-6,17H,3-4,7-8H2,(H3,16,18,19). The lowest BCUT2D eigenvalue weighted by molar-refractivity contribution is -0.0435. The number of amides is 2. The molecule has 6 nitrogen and oxygen atoms in total. The number of anilines is 1. The molecule has 1 aromatic carbocycles. The number of hydrogen-bond donors (Lipinski definition) is 3. The van der Waals surface area contributed by atoms with E-state index in [9.17, 15) is 26.4 Å². The highest BCUT2D eigenvalue weighted by Gasteiger charge is 2.47. The molecule has 0 radical (unpaired) electrons. The summed E-state index contributed by atoms with van der Waals surface area (Å²) in [6.07, 6.45) is 1.06. The number of carbonyl (C=O) groups excluding carboxylic acids is 1. The number of unbranched alkanes of at least 4 members (excludes halogenated alkanes) is 1. The van der Waals surface area contributed by atoms with Gasteiger partial charge < -0.3 is 16.4 Å².